The summed E-state index contributed by atoms with van der Waals surface area (Å²) in [4.78, 5) is 24.5. The number of fused-ring (bicyclic) bond motifs is 1. The molecule has 3 N–H and O–H groups in total. The van der Waals surface area contributed by atoms with Gasteiger partial charge < -0.3 is 14.4 Å². The number of ether oxygens (including phenoxy) is 1. The topological polar surface area (TPSA) is 92.6 Å². The minimum Gasteiger partial charge on any atom is -0.507 e. The number of phenols is 1. The third-order valence-electron chi connectivity index (χ3n) is 3.88. The number of methoxy groups -OCH3 is 1. The summed E-state index contributed by atoms with van der Waals surface area (Å²) in [5.74, 6) is -0.892. The predicted octanol–water partition coefficient (Wildman–Crippen LogP) is 1.97. The molecule has 0 fully saturated rings. The number of nitrogens with one attached hydrogen (secondary N) is 2. The first kappa shape index (κ1) is 16.4. The maximum absolute atomic E-state index is 12.4. The Bertz CT molecular complexity index is 962. The van der Waals surface area contributed by atoms with Gasteiger partial charge in [0.1, 0.15) is 11.5 Å². The van der Waals surface area contributed by atoms with E-state index in [0.717, 1.165) is 10.9 Å². The number of carbonyl (C=O) groups is 2. The number of rotatable bonds is 3. The molecule has 128 valence electrons. The highest BCUT2D eigenvalue weighted by Crippen LogP contribution is 2.23. The van der Waals surface area contributed by atoms with Crippen molar-refractivity contribution >= 4 is 22.7 Å². The molecule has 2 aromatic carbocycles. The van der Waals surface area contributed by atoms with E-state index in [1.54, 1.807) is 12.3 Å². The molecule has 1 heterocycles. The van der Waals surface area contributed by atoms with Crippen LogP contribution in [0.4, 0.5) is 0 Å². The van der Waals surface area contributed by atoms with Crippen molar-refractivity contribution in [3.05, 3.63) is 59.8 Å². The summed E-state index contributed by atoms with van der Waals surface area (Å²) < 4.78 is 6.80. The molecule has 0 saturated carbocycles. The molecule has 2 amide bonds. The molecule has 0 atom stereocenters. The molecule has 3 rings (SSSR count). The first-order valence-electron chi connectivity index (χ1n) is 7.53. The second-order valence-electron chi connectivity index (χ2n) is 5.46. The number of nitrogens with zero attached hydrogens (tertiary/aromatic N) is 1. The summed E-state index contributed by atoms with van der Waals surface area (Å²) in [5.41, 5.74) is 6.04. The summed E-state index contributed by atoms with van der Waals surface area (Å²) in [5, 5.41) is 10.6. The fraction of sp³-hybridized carbons (Fsp3) is 0.111. The Kier molecular flexibility index (Phi) is 4.30. The molecule has 25 heavy (non-hydrogen) atoms. The van der Waals surface area contributed by atoms with E-state index < -0.39 is 11.8 Å². The predicted molar refractivity (Wildman–Crippen MR) is 92.5 cm³/mol. The number of para-hydroxylation sites is 1. The van der Waals surface area contributed by atoms with E-state index in [-0.39, 0.29) is 11.3 Å². The van der Waals surface area contributed by atoms with Gasteiger partial charge in [0.2, 0.25) is 0 Å². The molecule has 0 saturated heterocycles. The number of phenolic OH excluding ortho intramolecular Hbond substituents is 1. The Morgan fingerprint density at radius 1 is 1.04 bits per heavy atom. The zero-order valence-corrected chi connectivity index (χ0v) is 13.7. The average molecular weight is 339 g/mol. The molecule has 0 aliphatic heterocycles. The normalized spacial score (nSPS) is 10.5. The second-order valence-corrected chi connectivity index (χ2v) is 5.46. The highest BCUT2D eigenvalue weighted by atomic mass is 16.5. The molecule has 7 heteroatoms. The third-order valence-corrected chi connectivity index (χ3v) is 3.88. The monoisotopic (exact) mass is 339 g/mol. The molecule has 0 aliphatic carbocycles. The molecular weight excluding hydrogens is 322 g/mol. The number of aromatic hydroxyl groups is 1. The molecule has 0 bridgehead atoms. The van der Waals surface area contributed by atoms with Crippen LogP contribution < -0.4 is 15.6 Å². The van der Waals surface area contributed by atoms with Gasteiger partial charge in [0.15, 0.2) is 0 Å². The van der Waals surface area contributed by atoms with E-state index >= 15 is 0 Å². The highest BCUT2D eigenvalue weighted by Gasteiger charge is 2.16. The van der Waals surface area contributed by atoms with Gasteiger partial charge in [-0.25, -0.2) is 0 Å². The van der Waals surface area contributed by atoms with Crippen molar-refractivity contribution in [2.24, 2.45) is 7.05 Å². The molecule has 3 aromatic rings. The number of aryl methyl sites for hydroxylation is 1. The van der Waals surface area contributed by atoms with Gasteiger partial charge >= 0.3 is 0 Å². The summed E-state index contributed by atoms with van der Waals surface area (Å²) in [6.07, 6.45) is 1.69. The van der Waals surface area contributed by atoms with Crippen molar-refractivity contribution in [2.45, 2.75) is 0 Å². The van der Waals surface area contributed by atoms with Crippen LogP contribution in [0.15, 0.2) is 48.7 Å². The first-order valence-corrected chi connectivity index (χ1v) is 7.53. The standard InChI is InChI=1S/C18H17N3O4/c1-21-10-14(12-5-3-4-6-15(12)21)18(24)20-19-17(23)13-8-7-11(25-2)9-16(13)22/h3-10,22H,1-2H3,(H,19,23)(H,20,24). The molecular formula is C18H17N3O4. The minimum atomic E-state index is -0.631. The number of hydrogen-bond donors (Lipinski definition) is 3. The number of amides is 2. The van der Waals surface area contributed by atoms with Gasteiger partial charge in [0, 0.05) is 30.2 Å². The van der Waals surface area contributed by atoms with Crippen molar-refractivity contribution in [1.29, 1.82) is 0 Å². The number of benzene rings is 2. The Hall–Kier alpha value is -3.48. The van der Waals surface area contributed by atoms with Crippen molar-refractivity contribution in [3.63, 3.8) is 0 Å². The Morgan fingerprint density at radius 3 is 2.40 bits per heavy atom. The van der Waals surface area contributed by atoms with Crippen molar-refractivity contribution < 1.29 is 19.4 Å². The van der Waals surface area contributed by atoms with Gasteiger partial charge in [-0.3, -0.25) is 20.4 Å². The van der Waals surface area contributed by atoms with Gasteiger partial charge in [-0.2, -0.15) is 0 Å². The quantitative estimate of drug-likeness (QED) is 0.636. The van der Waals surface area contributed by atoms with Crippen molar-refractivity contribution in [1.82, 2.24) is 15.4 Å². The van der Waals surface area contributed by atoms with Crippen LogP contribution in [0.25, 0.3) is 10.9 Å². The SMILES string of the molecule is COc1ccc(C(=O)NNC(=O)c2cn(C)c3ccccc23)c(O)c1. The number of carbonyl (C=O) groups excluding carboxylic acids is 2. The first-order chi connectivity index (χ1) is 12.0. The molecule has 0 unspecified atom stereocenters. The molecule has 1 aromatic heterocycles. The molecule has 0 radical (unpaired) electrons. The van der Waals surface area contributed by atoms with Crippen LogP contribution in [0, 0.1) is 0 Å². The second kappa shape index (κ2) is 6.56. The number of hydrogen-bond acceptors (Lipinski definition) is 4. The van der Waals surface area contributed by atoms with Gasteiger partial charge in [0.25, 0.3) is 11.8 Å². The van der Waals surface area contributed by atoms with Crippen LogP contribution in [0.2, 0.25) is 0 Å². The number of aromatic nitrogens is 1. The van der Waals surface area contributed by atoms with Gasteiger partial charge in [-0.15, -0.1) is 0 Å². The van der Waals surface area contributed by atoms with Crippen molar-refractivity contribution in [2.75, 3.05) is 7.11 Å². The van der Waals surface area contributed by atoms with E-state index in [9.17, 15) is 14.7 Å². The van der Waals surface area contributed by atoms with Crippen LogP contribution in [0.1, 0.15) is 20.7 Å². The smallest absolute Gasteiger partial charge is 0.273 e. The minimum absolute atomic E-state index is 0.0269. The van der Waals surface area contributed by atoms with E-state index in [0.29, 0.717) is 11.3 Å². The van der Waals surface area contributed by atoms with Crippen molar-refractivity contribution in [3.8, 4) is 11.5 Å². The zero-order chi connectivity index (χ0) is 18.0. The maximum Gasteiger partial charge on any atom is 0.273 e. The van der Waals surface area contributed by atoms with Gasteiger partial charge in [0.05, 0.1) is 18.2 Å². The summed E-state index contributed by atoms with van der Waals surface area (Å²) in [6.45, 7) is 0. The van der Waals surface area contributed by atoms with E-state index in [4.69, 9.17) is 4.74 Å². The van der Waals surface area contributed by atoms with Crippen LogP contribution >= 0.6 is 0 Å². The van der Waals surface area contributed by atoms with Gasteiger partial charge in [-0.1, -0.05) is 18.2 Å². The molecule has 7 nitrogen and oxygen atoms in total. The Morgan fingerprint density at radius 2 is 1.72 bits per heavy atom. The largest absolute Gasteiger partial charge is 0.507 e. The maximum atomic E-state index is 12.4. The number of hydrazine groups is 1. The lowest BCUT2D eigenvalue weighted by molar-refractivity contribution is 0.0845. The summed E-state index contributed by atoms with van der Waals surface area (Å²) >= 11 is 0. The van der Waals surface area contributed by atoms with Crippen LogP contribution in [0.5, 0.6) is 11.5 Å². The van der Waals surface area contributed by atoms with Crippen LogP contribution in [0.3, 0.4) is 0 Å². The average Bonchev–Trinajstić information content (AvgIpc) is 2.96. The van der Waals surface area contributed by atoms with E-state index in [1.165, 1.54) is 19.2 Å². The molecule has 0 spiro atoms. The lowest BCUT2D eigenvalue weighted by Crippen LogP contribution is -2.41. The third kappa shape index (κ3) is 3.12. The summed E-state index contributed by atoms with van der Waals surface area (Å²) in [7, 11) is 3.30. The van der Waals surface area contributed by atoms with E-state index in [2.05, 4.69) is 10.9 Å². The highest BCUT2D eigenvalue weighted by molar-refractivity contribution is 6.08. The molecule has 0 aliphatic rings. The zero-order valence-electron chi connectivity index (χ0n) is 13.7. The Balaban J connectivity index is 1.74. The fourth-order valence-corrected chi connectivity index (χ4v) is 2.60. The lowest BCUT2D eigenvalue weighted by Gasteiger charge is -2.09. The van der Waals surface area contributed by atoms with Crippen LogP contribution in [-0.4, -0.2) is 28.6 Å². The fourth-order valence-electron chi connectivity index (χ4n) is 2.60. The Labute approximate surface area is 143 Å². The van der Waals surface area contributed by atoms with Gasteiger partial charge in [-0.05, 0) is 18.2 Å². The van der Waals surface area contributed by atoms with E-state index in [1.807, 2.05) is 35.9 Å². The van der Waals surface area contributed by atoms with Crippen LogP contribution in [-0.2, 0) is 7.05 Å². The lowest BCUT2D eigenvalue weighted by atomic mass is 10.1. The summed E-state index contributed by atoms with van der Waals surface area (Å²) in [6, 6.07) is 11.7.